The third-order valence-electron chi connectivity index (χ3n) is 5.74. The Morgan fingerprint density at radius 1 is 0.967 bits per heavy atom. The lowest BCUT2D eigenvalue weighted by Crippen LogP contribution is -2.47. The Balaban J connectivity index is 1.42. The SMILES string of the molecule is CCN1CCN(CCOc2ccc3c(=O)c(-c4ccc(OC)cc4)coc3c2)CC1. The number of fused-ring (bicyclic) bond motifs is 1. The van der Waals surface area contributed by atoms with Gasteiger partial charge in [0.25, 0.3) is 0 Å². The quantitative estimate of drug-likeness (QED) is 0.597. The molecule has 0 amide bonds. The van der Waals surface area contributed by atoms with Gasteiger partial charge in [0.2, 0.25) is 0 Å². The molecule has 0 spiro atoms. The van der Waals surface area contributed by atoms with Crippen LogP contribution in [0.1, 0.15) is 6.92 Å². The molecule has 0 aliphatic carbocycles. The molecule has 4 rings (SSSR count). The van der Waals surface area contributed by atoms with Crippen LogP contribution in [0.4, 0.5) is 0 Å². The maximum atomic E-state index is 12.9. The van der Waals surface area contributed by atoms with E-state index in [2.05, 4.69) is 16.7 Å². The molecule has 0 radical (unpaired) electrons. The van der Waals surface area contributed by atoms with Gasteiger partial charge in [0.1, 0.15) is 30.0 Å². The third-order valence-corrected chi connectivity index (χ3v) is 5.74. The van der Waals surface area contributed by atoms with Gasteiger partial charge in [-0.15, -0.1) is 0 Å². The van der Waals surface area contributed by atoms with Gasteiger partial charge in [-0.2, -0.15) is 0 Å². The number of nitrogens with zero attached hydrogens (tertiary/aromatic N) is 2. The molecule has 1 aliphatic heterocycles. The Labute approximate surface area is 176 Å². The molecule has 6 heteroatoms. The summed E-state index contributed by atoms with van der Waals surface area (Å²) in [5.74, 6) is 1.47. The summed E-state index contributed by atoms with van der Waals surface area (Å²) in [6.45, 7) is 9.24. The Morgan fingerprint density at radius 2 is 1.67 bits per heavy atom. The highest BCUT2D eigenvalue weighted by atomic mass is 16.5. The molecule has 1 aliphatic rings. The van der Waals surface area contributed by atoms with Crippen LogP contribution < -0.4 is 14.9 Å². The van der Waals surface area contributed by atoms with Crippen LogP contribution in [0.15, 0.2) is 57.9 Å². The molecule has 0 N–H and O–H groups in total. The van der Waals surface area contributed by atoms with E-state index in [1.807, 2.05) is 30.3 Å². The zero-order chi connectivity index (χ0) is 20.9. The first-order valence-corrected chi connectivity index (χ1v) is 10.5. The van der Waals surface area contributed by atoms with E-state index in [0.717, 1.165) is 56.3 Å². The molecule has 0 saturated carbocycles. The first kappa shape index (κ1) is 20.4. The van der Waals surface area contributed by atoms with E-state index in [9.17, 15) is 4.79 Å². The van der Waals surface area contributed by atoms with Crippen LogP contribution in [0.25, 0.3) is 22.1 Å². The molecule has 158 valence electrons. The van der Waals surface area contributed by atoms with E-state index in [1.165, 1.54) is 6.26 Å². The van der Waals surface area contributed by atoms with Crippen LogP contribution >= 0.6 is 0 Å². The molecule has 30 heavy (non-hydrogen) atoms. The molecule has 2 heterocycles. The molecule has 0 unspecified atom stereocenters. The Morgan fingerprint density at radius 3 is 2.37 bits per heavy atom. The van der Waals surface area contributed by atoms with Crippen LogP contribution in [-0.2, 0) is 0 Å². The van der Waals surface area contributed by atoms with Crippen molar-refractivity contribution in [3.8, 4) is 22.6 Å². The van der Waals surface area contributed by atoms with E-state index < -0.39 is 0 Å². The van der Waals surface area contributed by atoms with Crippen LogP contribution in [0.2, 0.25) is 0 Å². The summed E-state index contributed by atoms with van der Waals surface area (Å²) < 4.78 is 16.9. The van der Waals surface area contributed by atoms with E-state index in [1.54, 1.807) is 19.2 Å². The minimum absolute atomic E-state index is 0.0539. The van der Waals surface area contributed by atoms with Crippen molar-refractivity contribution in [2.45, 2.75) is 6.92 Å². The van der Waals surface area contributed by atoms with Gasteiger partial charge in [0, 0.05) is 38.8 Å². The second-order valence-electron chi connectivity index (χ2n) is 7.49. The molecule has 6 nitrogen and oxygen atoms in total. The summed E-state index contributed by atoms with van der Waals surface area (Å²) in [7, 11) is 1.62. The molecule has 1 fully saturated rings. The number of hydrogen-bond donors (Lipinski definition) is 0. The van der Waals surface area contributed by atoms with Gasteiger partial charge in [-0.1, -0.05) is 19.1 Å². The summed E-state index contributed by atoms with van der Waals surface area (Å²) in [6, 6.07) is 12.8. The van der Waals surface area contributed by atoms with E-state index in [4.69, 9.17) is 13.9 Å². The molecule has 0 bridgehead atoms. The Kier molecular flexibility index (Phi) is 6.35. The number of methoxy groups -OCH3 is 1. The topological polar surface area (TPSA) is 55.2 Å². The van der Waals surface area contributed by atoms with Gasteiger partial charge in [-0.05, 0) is 36.4 Å². The lowest BCUT2D eigenvalue weighted by Gasteiger charge is -2.33. The number of likely N-dealkylation sites (N-methyl/N-ethyl adjacent to an activating group) is 1. The van der Waals surface area contributed by atoms with Gasteiger partial charge in [-0.25, -0.2) is 0 Å². The predicted molar refractivity (Wildman–Crippen MR) is 119 cm³/mol. The lowest BCUT2D eigenvalue weighted by molar-refractivity contribution is 0.121. The van der Waals surface area contributed by atoms with E-state index in [-0.39, 0.29) is 5.43 Å². The maximum Gasteiger partial charge on any atom is 0.200 e. The van der Waals surface area contributed by atoms with Gasteiger partial charge in [0.05, 0.1) is 18.1 Å². The minimum Gasteiger partial charge on any atom is -0.497 e. The summed E-state index contributed by atoms with van der Waals surface area (Å²) >= 11 is 0. The molecule has 0 atom stereocenters. The van der Waals surface area contributed by atoms with E-state index >= 15 is 0 Å². The smallest absolute Gasteiger partial charge is 0.200 e. The first-order chi connectivity index (χ1) is 14.7. The van der Waals surface area contributed by atoms with Gasteiger partial charge in [-0.3, -0.25) is 9.69 Å². The zero-order valence-corrected chi connectivity index (χ0v) is 17.6. The van der Waals surface area contributed by atoms with Crippen LogP contribution in [0.3, 0.4) is 0 Å². The van der Waals surface area contributed by atoms with Crippen LogP contribution in [0, 0.1) is 0 Å². The van der Waals surface area contributed by atoms with Crippen molar-refractivity contribution >= 4 is 11.0 Å². The van der Waals surface area contributed by atoms with Gasteiger partial charge < -0.3 is 18.8 Å². The Bertz CT molecular complexity index is 1040. The van der Waals surface area contributed by atoms with Crippen LogP contribution in [0.5, 0.6) is 11.5 Å². The number of ether oxygens (including phenoxy) is 2. The molecule has 2 aromatic carbocycles. The summed E-state index contributed by atoms with van der Waals surface area (Å²) in [5, 5.41) is 0.548. The predicted octanol–water partition coefficient (Wildman–Crippen LogP) is 3.48. The van der Waals surface area contributed by atoms with Crippen LogP contribution in [-0.4, -0.2) is 62.8 Å². The summed E-state index contributed by atoms with van der Waals surface area (Å²) in [4.78, 5) is 17.8. The van der Waals surface area contributed by atoms with Crippen molar-refractivity contribution < 1.29 is 13.9 Å². The average Bonchev–Trinajstić information content (AvgIpc) is 2.80. The number of benzene rings is 2. The fourth-order valence-electron chi connectivity index (χ4n) is 3.79. The van der Waals surface area contributed by atoms with Crippen molar-refractivity contribution in [2.75, 3.05) is 53.0 Å². The Hall–Kier alpha value is -2.83. The summed E-state index contributed by atoms with van der Waals surface area (Å²) in [5.41, 5.74) is 1.81. The molecular formula is C24H28N2O4. The van der Waals surface area contributed by atoms with Crippen molar-refractivity contribution in [1.82, 2.24) is 9.80 Å². The number of piperazine rings is 1. The largest absolute Gasteiger partial charge is 0.497 e. The highest BCUT2D eigenvalue weighted by Crippen LogP contribution is 2.24. The highest BCUT2D eigenvalue weighted by Gasteiger charge is 2.15. The second-order valence-corrected chi connectivity index (χ2v) is 7.49. The fourth-order valence-corrected chi connectivity index (χ4v) is 3.79. The van der Waals surface area contributed by atoms with Gasteiger partial charge in [0.15, 0.2) is 5.43 Å². The maximum absolute atomic E-state index is 12.9. The second kappa shape index (κ2) is 9.32. The molecule has 3 aromatic rings. The molecular weight excluding hydrogens is 380 g/mol. The minimum atomic E-state index is -0.0539. The first-order valence-electron chi connectivity index (χ1n) is 10.5. The standard InChI is InChI=1S/C24H28N2O4/c1-3-25-10-12-26(13-11-25)14-15-29-20-8-9-21-23(16-20)30-17-22(24(21)27)18-4-6-19(28-2)7-5-18/h4-9,16-17H,3,10-15H2,1-2H3. The van der Waals surface area contributed by atoms with Crippen molar-refractivity contribution in [1.29, 1.82) is 0 Å². The monoisotopic (exact) mass is 408 g/mol. The van der Waals surface area contributed by atoms with Gasteiger partial charge >= 0.3 is 0 Å². The zero-order valence-electron chi connectivity index (χ0n) is 17.6. The molecule has 1 aromatic heterocycles. The normalized spacial score (nSPS) is 15.4. The number of hydrogen-bond acceptors (Lipinski definition) is 6. The number of rotatable bonds is 7. The van der Waals surface area contributed by atoms with E-state index in [0.29, 0.717) is 23.1 Å². The molecule has 1 saturated heterocycles. The van der Waals surface area contributed by atoms with Crippen molar-refractivity contribution in [3.05, 3.63) is 59.0 Å². The van der Waals surface area contributed by atoms with Crippen molar-refractivity contribution in [2.24, 2.45) is 0 Å². The van der Waals surface area contributed by atoms with Crippen molar-refractivity contribution in [3.63, 3.8) is 0 Å². The summed E-state index contributed by atoms with van der Waals surface area (Å²) in [6.07, 6.45) is 1.52. The lowest BCUT2D eigenvalue weighted by atomic mass is 10.1. The fraction of sp³-hybridized carbons (Fsp3) is 0.375. The third kappa shape index (κ3) is 4.50. The average molecular weight is 408 g/mol. The highest BCUT2D eigenvalue weighted by molar-refractivity contribution is 5.82.